The van der Waals surface area contributed by atoms with E-state index in [2.05, 4.69) is 15.2 Å². The fourth-order valence-electron chi connectivity index (χ4n) is 2.43. The molecular weight excluding hydrogens is 342 g/mol. The van der Waals surface area contributed by atoms with Crippen LogP contribution in [-0.2, 0) is 0 Å². The maximum atomic E-state index is 11.8. The van der Waals surface area contributed by atoms with Gasteiger partial charge in [0, 0.05) is 5.56 Å². The molecule has 0 saturated carbocycles. The number of pyridine rings is 1. The van der Waals surface area contributed by atoms with Crippen molar-refractivity contribution in [1.82, 2.24) is 20.6 Å². The number of nitrogen functional groups attached to an aromatic ring is 1. The third-order valence-electron chi connectivity index (χ3n) is 3.75. The zero-order valence-electron chi connectivity index (χ0n) is 13.8. The summed E-state index contributed by atoms with van der Waals surface area (Å²) < 4.78 is 5.57. The van der Waals surface area contributed by atoms with Gasteiger partial charge < -0.3 is 19.7 Å². The summed E-state index contributed by atoms with van der Waals surface area (Å²) in [6, 6.07) is 3.86. The molecule has 2 aromatic heterocycles. The Morgan fingerprint density at radius 1 is 1.04 bits per heavy atom. The Balaban J connectivity index is 2.07. The monoisotopic (exact) mass is 357 g/mol. The number of phenols is 3. The number of hydrogen-bond acceptors (Lipinski definition) is 9. The summed E-state index contributed by atoms with van der Waals surface area (Å²) in [7, 11) is 0. The summed E-state index contributed by atoms with van der Waals surface area (Å²) in [5.41, 5.74) is 3.98. The van der Waals surface area contributed by atoms with E-state index in [1.54, 1.807) is 13.8 Å². The SMILES string of the molecule is Cc1nc(C)c(-c2nnc(-c3cc(O)c(O)c(O)c3)o2)cc1C(=O)NN. The Hall–Kier alpha value is -3.66. The van der Waals surface area contributed by atoms with Crippen LogP contribution in [0.1, 0.15) is 21.7 Å². The third kappa shape index (κ3) is 2.89. The first-order chi connectivity index (χ1) is 12.3. The molecule has 1 amide bonds. The van der Waals surface area contributed by atoms with Gasteiger partial charge in [0.1, 0.15) is 0 Å². The van der Waals surface area contributed by atoms with Gasteiger partial charge in [0.15, 0.2) is 17.2 Å². The molecule has 0 aliphatic carbocycles. The lowest BCUT2D eigenvalue weighted by molar-refractivity contribution is 0.0952. The normalized spacial score (nSPS) is 10.7. The lowest BCUT2D eigenvalue weighted by Crippen LogP contribution is -2.30. The molecule has 10 heteroatoms. The molecule has 26 heavy (non-hydrogen) atoms. The number of nitrogens with one attached hydrogen (secondary N) is 1. The van der Waals surface area contributed by atoms with E-state index < -0.39 is 23.2 Å². The number of aromatic hydroxyl groups is 3. The van der Waals surface area contributed by atoms with Crippen LogP contribution in [0.2, 0.25) is 0 Å². The second kappa shape index (κ2) is 6.33. The van der Waals surface area contributed by atoms with E-state index in [1.165, 1.54) is 18.2 Å². The Kier molecular flexibility index (Phi) is 4.18. The molecule has 0 aliphatic rings. The molecular formula is C16H15N5O5. The van der Waals surface area contributed by atoms with Crippen molar-refractivity contribution in [3.05, 3.63) is 35.2 Å². The summed E-state index contributed by atoms with van der Waals surface area (Å²) in [4.78, 5) is 16.1. The Morgan fingerprint density at radius 3 is 2.27 bits per heavy atom. The molecule has 134 valence electrons. The number of hydrazine groups is 1. The lowest BCUT2D eigenvalue weighted by atomic mass is 10.1. The van der Waals surface area contributed by atoms with Crippen LogP contribution in [0.5, 0.6) is 17.2 Å². The van der Waals surface area contributed by atoms with E-state index in [4.69, 9.17) is 10.3 Å². The number of nitrogens with two attached hydrogens (primary N) is 1. The van der Waals surface area contributed by atoms with Crippen LogP contribution in [0.25, 0.3) is 22.9 Å². The highest BCUT2D eigenvalue weighted by atomic mass is 16.4. The van der Waals surface area contributed by atoms with Crippen LogP contribution in [0.4, 0.5) is 0 Å². The summed E-state index contributed by atoms with van der Waals surface area (Å²) in [5.74, 6) is 3.03. The van der Waals surface area contributed by atoms with Crippen molar-refractivity contribution in [2.75, 3.05) is 0 Å². The van der Waals surface area contributed by atoms with Gasteiger partial charge in [0.05, 0.1) is 22.5 Å². The Morgan fingerprint density at radius 2 is 1.65 bits per heavy atom. The summed E-state index contributed by atoms with van der Waals surface area (Å²) in [6.45, 7) is 3.39. The smallest absolute Gasteiger partial charge is 0.267 e. The fraction of sp³-hybridized carbons (Fsp3) is 0.125. The first-order valence-corrected chi connectivity index (χ1v) is 7.40. The van der Waals surface area contributed by atoms with Crippen LogP contribution in [-0.4, -0.2) is 36.4 Å². The number of benzene rings is 1. The molecule has 0 bridgehead atoms. The molecule has 0 aliphatic heterocycles. The van der Waals surface area contributed by atoms with Gasteiger partial charge in [0.2, 0.25) is 11.8 Å². The number of nitrogens with zero attached hydrogens (tertiary/aromatic N) is 3. The van der Waals surface area contributed by atoms with Crippen LogP contribution in [0.3, 0.4) is 0 Å². The van der Waals surface area contributed by atoms with Crippen molar-refractivity contribution in [3.8, 4) is 40.2 Å². The molecule has 0 spiro atoms. The highest BCUT2D eigenvalue weighted by Gasteiger charge is 2.19. The van der Waals surface area contributed by atoms with Gasteiger partial charge in [-0.1, -0.05) is 0 Å². The minimum atomic E-state index is -0.649. The molecule has 3 rings (SSSR count). The number of aryl methyl sites for hydroxylation is 2. The van der Waals surface area contributed by atoms with Crippen molar-refractivity contribution in [3.63, 3.8) is 0 Å². The number of aromatic nitrogens is 3. The molecule has 6 N–H and O–H groups in total. The average molecular weight is 357 g/mol. The predicted molar refractivity (Wildman–Crippen MR) is 89.1 cm³/mol. The van der Waals surface area contributed by atoms with Crippen molar-refractivity contribution >= 4 is 5.91 Å². The molecule has 0 atom stereocenters. The van der Waals surface area contributed by atoms with Gasteiger partial charge in [-0.15, -0.1) is 10.2 Å². The largest absolute Gasteiger partial charge is 0.504 e. The van der Waals surface area contributed by atoms with E-state index in [0.29, 0.717) is 17.0 Å². The molecule has 2 heterocycles. The second-order valence-electron chi connectivity index (χ2n) is 5.50. The first-order valence-electron chi connectivity index (χ1n) is 7.40. The van der Waals surface area contributed by atoms with E-state index in [-0.39, 0.29) is 22.9 Å². The molecule has 0 saturated heterocycles. The number of phenolic OH excluding ortho intramolecular Hbond substituents is 3. The number of rotatable bonds is 3. The van der Waals surface area contributed by atoms with Crippen molar-refractivity contribution < 1.29 is 24.5 Å². The molecule has 0 fully saturated rings. The van der Waals surface area contributed by atoms with Gasteiger partial charge in [-0.2, -0.15) is 0 Å². The average Bonchev–Trinajstić information content (AvgIpc) is 3.08. The first kappa shape index (κ1) is 17.2. The van der Waals surface area contributed by atoms with Crippen LogP contribution < -0.4 is 11.3 Å². The lowest BCUT2D eigenvalue weighted by Gasteiger charge is -2.08. The van der Waals surface area contributed by atoms with Crippen LogP contribution >= 0.6 is 0 Å². The molecule has 0 unspecified atom stereocenters. The van der Waals surface area contributed by atoms with Crippen molar-refractivity contribution in [2.45, 2.75) is 13.8 Å². The maximum Gasteiger partial charge on any atom is 0.267 e. The fourth-order valence-corrected chi connectivity index (χ4v) is 2.43. The quantitative estimate of drug-likeness (QED) is 0.200. The topological polar surface area (TPSA) is 168 Å². The molecule has 0 radical (unpaired) electrons. The van der Waals surface area contributed by atoms with Gasteiger partial charge >= 0.3 is 0 Å². The van der Waals surface area contributed by atoms with E-state index in [0.717, 1.165) is 0 Å². The van der Waals surface area contributed by atoms with Crippen LogP contribution in [0, 0.1) is 13.8 Å². The number of hydrogen-bond donors (Lipinski definition) is 5. The number of carbonyl (C=O) groups excluding carboxylic acids is 1. The highest BCUT2D eigenvalue weighted by molar-refractivity contribution is 5.95. The summed E-state index contributed by atoms with van der Waals surface area (Å²) >= 11 is 0. The zero-order valence-corrected chi connectivity index (χ0v) is 13.8. The van der Waals surface area contributed by atoms with Gasteiger partial charge in [-0.25, -0.2) is 5.84 Å². The zero-order chi connectivity index (χ0) is 19.0. The van der Waals surface area contributed by atoms with Gasteiger partial charge in [-0.05, 0) is 32.0 Å². The van der Waals surface area contributed by atoms with Crippen molar-refractivity contribution in [1.29, 1.82) is 0 Å². The third-order valence-corrected chi connectivity index (χ3v) is 3.75. The Bertz CT molecular complexity index is 991. The molecule has 10 nitrogen and oxygen atoms in total. The number of carbonyl (C=O) groups is 1. The van der Waals surface area contributed by atoms with E-state index in [1.807, 2.05) is 5.43 Å². The summed E-state index contributed by atoms with van der Waals surface area (Å²) in [5, 5.41) is 36.4. The van der Waals surface area contributed by atoms with Crippen molar-refractivity contribution in [2.24, 2.45) is 5.84 Å². The minimum absolute atomic E-state index is 0.00426. The second-order valence-corrected chi connectivity index (χ2v) is 5.50. The molecule has 1 aromatic carbocycles. The van der Waals surface area contributed by atoms with Gasteiger partial charge in [-0.3, -0.25) is 15.2 Å². The van der Waals surface area contributed by atoms with Gasteiger partial charge in [0.25, 0.3) is 5.91 Å². The minimum Gasteiger partial charge on any atom is -0.504 e. The predicted octanol–water partition coefficient (Wildman–Crippen LogP) is 1.14. The highest BCUT2D eigenvalue weighted by Crippen LogP contribution is 2.39. The Labute approximate surface area is 146 Å². The maximum absolute atomic E-state index is 11.8. The van der Waals surface area contributed by atoms with E-state index in [9.17, 15) is 20.1 Å². The molecule has 3 aromatic rings. The van der Waals surface area contributed by atoms with Crippen LogP contribution in [0.15, 0.2) is 22.6 Å². The number of amides is 1. The standard InChI is InChI=1S/C16H15N5O5/c1-6-9(14(25)19-17)5-10(7(2)18-6)16-21-20-15(26-16)8-3-11(22)13(24)12(23)4-8/h3-5,22-24H,17H2,1-2H3,(H,19,25). The summed E-state index contributed by atoms with van der Waals surface area (Å²) in [6.07, 6.45) is 0. The van der Waals surface area contributed by atoms with E-state index >= 15 is 0 Å².